The van der Waals surface area contributed by atoms with E-state index in [1.807, 2.05) is 0 Å². The molecule has 0 aliphatic rings. The maximum absolute atomic E-state index is 13.6. The zero-order chi connectivity index (χ0) is 16.0. The van der Waals surface area contributed by atoms with Gasteiger partial charge >= 0.3 is 12.0 Å². The van der Waals surface area contributed by atoms with E-state index in [1.54, 1.807) is 0 Å². The van der Waals surface area contributed by atoms with E-state index in [1.165, 1.54) is 32.2 Å². The number of anilines is 1. The van der Waals surface area contributed by atoms with E-state index in [9.17, 15) is 14.0 Å². The lowest BCUT2D eigenvalue weighted by molar-refractivity contribution is -0.137. The predicted octanol–water partition coefficient (Wildman–Crippen LogP) is 1.78. The summed E-state index contributed by atoms with van der Waals surface area (Å²) in [6.07, 6.45) is -0.183. The highest BCUT2D eigenvalue weighted by Crippen LogP contribution is 2.32. The van der Waals surface area contributed by atoms with Crippen molar-refractivity contribution in [1.82, 2.24) is 4.90 Å². The average molecular weight is 300 g/mol. The number of nitrogens with one attached hydrogen (secondary N) is 1. The summed E-state index contributed by atoms with van der Waals surface area (Å²) in [4.78, 5) is 23.5. The highest BCUT2D eigenvalue weighted by molar-refractivity contribution is 5.91. The Morgan fingerprint density at radius 3 is 2.43 bits per heavy atom. The van der Waals surface area contributed by atoms with Crippen molar-refractivity contribution in [2.24, 2.45) is 0 Å². The van der Waals surface area contributed by atoms with Gasteiger partial charge in [-0.25, -0.2) is 9.18 Å². The van der Waals surface area contributed by atoms with Crippen LogP contribution in [0.4, 0.5) is 14.9 Å². The molecule has 0 unspecified atom stereocenters. The normalized spacial score (nSPS) is 9.90. The van der Waals surface area contributed by atoms with E-state index in [-0.39, 0.29) is 30.2 Å². The summed E-state index contributed by atoms with van der Waals surface area (Å²) in [5.74, 6) is -1.44. The lowest BCUT2D eigenvalue weighted by Crippen LogP contribution is -2.33. The van der Waals surface area contributed by atoms with Crippen LogP contribution in [0.5, 0.6) is 11.5 Å². The van der Waals surface area contributed by atoms with Crippen molar-refractivity contribution in [1.29, 1.82) is 0 Å². The molecule has 1 aromatic rings. The van der Waals surface area contributed by atoms with Gasteiger partial charge in [-0.3, -0.25) is 4.79 Å². The minimum atomic E-state index is -1.01. The Bertz CT molecular complexity index is 536. The lowest BCUT2D eigenvalue weighted by atomic mass is 10.2. The average Bonchev–Trinajstić information content (AvgIpc) is 2.44. The molecule has 0 aromatic heterocycles. The smallest absolute Gasteiger partial charge is 0.321 e. The minimum absolute atomic E-state index is 0.0101. The highest BCUT2D eigenvalue weighted by Gasteiger charge is 2.16. The lowest BCUT2D eigenvalue weighted by Gasteiger charge is -2.18. The summed E-state index contributed by atoms with van der Waals surface area (Å²) < 4.78 is 23.5. The number of aliphatic carboxylic acids is 1. The second-order valence-electron chi connectivity index (χ2n) is 4.18. The number of carbonyl (C=O) groups is 2. The molecule has 2 amide bonds. The van der Waals surface area contributed by atoms with Gasteiger partial charge in [0.05, 0.1) is 26.3 Å². The summed E-state index contributed by atoms with van der Waals surface area (Å²) in [5, 5.41) is 11.0. The van der Waals surface area contributed by atoms with Crippen molar-refractivity contribution in [3.63, 3.8) is 0 Å². The summed E-state index contributed by atoms with van der Waals surface area (Å²) in [6, 6.07) is 1.81. The number of carboxylic acid groups (broad SMARTS) is 1. The zero-order valence-electron chi connectivity index (χ0n) is 12.0. The van der Waals surface area contributed by atoms with Crippen LogP contribution in [-0.4, -0.2) is 49.8 Å². The van der Waals surface area contributed by atoms with Crippen molar-refractivity contribution in [2.75, 3.05) is 33.1 Å². The molecular formula is C13H17FN2O5. The van der Waals surface area contributed by atoms with Gasteiger partial charge in [0.2, 0.25) is 0 Å². The molecule has 0 fully saturated rings. The van der Waals surface area contributed by atoms with Gasteiger partial charge in [-0.05, 0) is 0 Å². The molecule has 116 valence electrons. The number of urea groups is 1. The Morgan fingerprint density at radius 1 is 1.29 bits per heavy atom. The number of ether oxygens (including phenoxy) is 2. The topological polar surface area (TPSA) is 88.1 Å². The van der Waals surface area contributed by atoms with E-state index in [2.05, 4.69) is 5.32 Å². The van der Waals surface area contributed by atoms with Gasteiger partial charge in [-0.1, -0.05) is 0 Å². The number of carboxylic acids is 1. The standard InChI is InChI=1S/C13H17FN2O5/c1-16(5-4-12(17)18)13(19)15-9-6-8(14)10(20-2)7-11(9)21-3/h6-7H,4-5H2,1-3H3,(H,15,19)(H,17,18). The first-order valence-corrected chi connectivity index (χ1v) is 6.04. The molecule has 0 heterocycles. The summed E-state index contributed by atoms with van der Waals surface area (Å²) in [7, 11) is 4.12. The van der Waals surface area contributed by atoms with E-state index >= 15 is 0 Å². The number of hydrogen-bond acceptors (Lipinski definition) is 4. The van der Waals surface area contributed by atoms with Crippen LogP contribution in [0.2, 0.25) is 0 Å². The van der Waals surface area contributed by atoms with Crippen LogP contribution in [0.25, 0.3) is 0 Å². The van der Waals surface area contributed by atoms with E-state index in [0.29, 0.717) is 0 Å². The molecule has 0 aliphatic heterocycles. The van der Waals surface area contributed by atoms with Crippen LogP contribution in [0, 0.1) is 5.82 Å². The molecular weight excluding hydrogens is 283 g/mol. The Morgan fingerprint density at radius 2 is 1.90 bits per heavy atom. The third kappa shape index (κ3) is 4.51. The van der Waals surface area contributed by atoms with E-state index < -0.39 is 17.8 Å². The second-order valence-corrected chi connectivity index (χ2v) is 4.18. The summed E-state index contributed by atoms with van der Waals surface area (Å²) >= 11 is 0. The van der Waals surface area contributed by atoms with Crippen molar-refractivity contribution in [3.8, 4) is 11.5 Å². The fourth-order valence-corrected chi connectivity index (χ4v) is 1.53. The number of rotatable bonds is 6. The van der Waals surface area contributed by atoms with Crippen LogP contribution in [-0.2, 0) is 4.79 Å². The van der Waals surface area contributed by atoms with Crippen LogP contribution >= 0.6 is 0 Å². The molecule has 0 aliphatic carbocycles. The molecule has 0 bridgehead atoms. The quantitative estimate of drug-likeness (QED) is 0.836. The molecule has 7 nitrogen and oxygen atoms in total. The fourth-order valence-electron chi connectivity index (χ4n) is 1.53. The van der Waals surface area contributed by atoms with E-state index in [0.717, 1.165) is 6.07 Å². The maximum atomic E-state index is 13.6. The van der Waals surface area contributed by atoms with Gasteiger partial charge in [-0.2, -0.15) is 0 Å². The maximum Gasteiger partial charge on any atom is 0.321 e. The first kappa shape index (κ1) is 16.5. The van der Waals surface area contributed by atoms with Crippen molar-refractivity contribution in [2.45, 2.75) is 6.42 Å². The van der Waals surface area contributed by atoms with Crippen LogP contribution < -0.4 is 14.8 Å². The number of hydrogen-bond donors (Lipinski definition) is 2. The Labute approximate surface area is 121 Å². The zero-order valence-corrected chi connectivity index (χ0v) is 12.0. The third-order valence-electron chi connectivity index (χ3n) is 2.72. The van der Waals surface area contributed by atoms with Crippen molar-refractivity contribution in [3.05, 3.63) is 17.9 Å². The third-order valence-corrected chi connectivity index (χ3v) is 2.72. The Balaban J connectivity index is 2.84. The molecule has 0 spiro atoms. The minimum Gasteiger partial charge on any atom is -0.494 e. The molecule has 0 radical (unpaired) electrons. The first-order valence-electron chi connectivity index (χ1n) is 6.04. The molecule has 21 heavy (non-hydrogen) atoms. The number of nitrogens with zero attached hydrogens (tertiary/aromatic N) is 1. The number of benzene rings is 1. The first-order chi connectivity index (χ1) is 9.88. The summed E-state index contributed by atoms with van der Waals surface area (Å²) in [6.45, 7) is 0.0299. The van der Waals surface area contributed by atoms with Gasteiger partial charge in [0.25, 0.3) is 0 Å². The van der Waals surface area contributed by atoms with Gasteiger partial charge in [0.1, 0.15) is 5.75 Å². The van der Waals surface area contributed by atoms with Crippen LogP contribution in [0.15, 0.2) is 12.1 Å². The monoisotopic (exact) mass is 300 g/mol. The van der Waals surface area contributed by atoms with Crippen LogP contribution in [0.3, 0.4) is 0 Å². The van der Waals surface area contributed by atoms with Crippen molar-refractivity contribution >= 4 is 17.7 Å². The highest BCUT2D eigenvalue weighted by atomic mass is 19.1. The predicted molar refractivity (Wildman–Crippen MR) is 73.4 cm³/mol. The summed E-state index contributed by atoms with van der Waals surface area (Å²) in [5.41, 5.74) is 0.128. The molecule has 8 heteroatoms. The number of carbonyl (C=O) groups excluding carboxylic acids is 1. The van der Waals surface area contributed by atoms with Gasteiger partial charge < -0.3 is 24.8 Å². The molecule has 0 saturated heterocycles. The number of amides is 2. The fraction of sp³-hybridized carbons (Fsp3) is 0.385. The number of methoxy groups -OCH3 is 2. The Hall–Kier alpha value is -2.51. The van der Waals surface area contributed by atoms with Crippen molar-refractivity contribution < 1.29 is 28.6 Å². The molecule has 1 rings (SSSR count). The Kier molecular flexibility index (Phi) is 5.77. The number of halogens is 1. The van der Waals surface area contributed by atoms with Crippen LogP contribution in [0.1, 0.15) is 6.42 Å². The molecule has 0 saturated carbocycles. The molecule has 2 N–H and O–H groups in total. The van der Waals surface area contributed by atoms with Gasteiger partial charge in [0.15, 0.2) is 11.6 Å². The molecule has 1 aromatic carbocycles. The molecule has 0 atom stereocenters. The van der Waals surface area contributed by atoms with Gasteiger partial charge in [0, 0.05) is 25.7 Å². The SMILES string of the molecule is COc1cc(OC)c(NC(=O)N(C)CCC(=O)O)cc1F. The largest absolute Gasteiger partial charge is 0.494 e. The van der Waals surface area contributed by atoms with Gasteiger partial charge in [-0.15, -0.1) is 0 Å². The second kappa shape index (κ2) is 7.32. The van der Waals surface area contributed by atoms with E-state index in [4.69, 9.17) is 14.6 Å².